The SMILES string of the molecule is COc1ccc(Cl)cc1C(=O)Nc1ccccc1SCC(F)(F)F. The van der Waals surface area contributed by atoms with E-state index in [1.54, 1.807) is 24.3 Å². The zero-order valence-corrected chi connectivity index (χ0v) is 14.1. The molecule has 0 unspecified atom stereocenters. The highest BCUT2D eigenvalue weighted by Gasteiger charge is 2.27. The van der Waals surface area contributed by atoms with Gasteiger partial charge in [-0.05, 0) is 30.3 Å². The molecule has 0 aliphatic carbocycles. The predicted molar refractivity (Wildman–Crippen MR) is 89.2 cm³/mol. The molecule has 0 saturated heterocycles. The van der Waals surface area contributed by atoms with Gasteiger partial charge in [0.25, 0.3) is 5.91 Å². The Morgan fingerprint density at radius 3 is 2.62 bits per heavy atom. The third-order valence-corrected chi connectivity index (χ3v) is 4.31. The first-order valence-electron chi connectivity index (χ1n) is 6.73. The Morgan fingerprint density at radius 1 is 1.25 bits per heavy atom. The molecular formula is C16H13ClF3NO2S. The molecule has 1 amide bonds. The van der Waals surface area contributed by atoms with Crippen molar-refractivity contribution in [1.82, 2.24) is 0 Å². The number of carbonyl (C=O) groups is 1. The van der Waals surface area contributed by atoms with Gasteiger partial charge >= 0.3 is 6.18 Å². The molecule has 0 fully saturated rings. The molecule has 0 bridgehead atoms. The van der Waals surface area contributed by atoms with E-state index in [0.717, 1.165) is 0 Å². The van der Waals surface area contributed by atoms with E-state index >= 15 is 0 Å². The highest BCUT2D eigenvalue weighted by atomic mass is 35.5. The van der Waals surface area contributed by atoms with Crippen LogP contribution >= 0.6 is 23.4 Å². The van der Waals surface area contributed by atoms with Crippen molar-refractivity contribution < 1.29 is 22.7 Å². The largest absolute Gasteiger partial charge is 0.496 e. The maximum atomic E-state index is 12.4. The van der Waals surface area contributed by atoms with Crippen LogP contribution in [0, 0.1) is 0 Å². The molecule has 0 heterocycles. The second kappa shape index (κ2) is 7.81. The molecule has 0 spiro atoms. The molecule has 8 heteroatoms. The summed E-state index contributed by atoms with van der Waals surface area (Å²) < 4.78 is 42.3. The third kappa shape index (κ3) is 5.07. The number of anilines is 1. The number of ether oxygens (including phenoxy) is 1. The Balaban J connectivity index is 2.22. The van der Waals surface area contributed by atoms with E-state index in [1.807, 2.05) is 0 Å². The molecule has 1 N–H and O–H groups in total. The minimum Gasteiger partial charge on any atom is -0.496 e. The van der Waals surface area contributed by atoms with Crippen molar-refractivity contribution in [2.75, 3.05) is 18.2 Å². The highest BCUT2D eigenvalue weighted by Crippen LogP contribution is 2.33. The zero-order valence-electron chi connectivity index (χ0n) is 12.5. The minimum absolute atomic E-state index is 0.195. The number of hydrogen-bond acceptors (Lipinski definition) is 3. The fraction of sp³-hybridized carbons (Fsp3) is 0.188. The van der Waals surface area contributed by atoms with Gasteiger partial charge < -0.3 is 10.1 Å². The first-order valence-corrected chi connectivity index (χ1v) is 8.10. The molecule has 0 aliphatic rings. The zero-order chi connectivity index (χ0) is 17.7. The number of halogens is 4. The van der Waals surface area contributed by atoms with E-state index in [2.05, 4.69) is 5.32 Å². The Bertz CT molecular complexity index is 738. The van der Waals surface area contributed by atoms with E-state index in [4.69, 9.17) is 16.3 Å². The topological polar surface area (TPSA) is 38.3 Å². The average molecular weight is 376 g/mol. The summed E-state index contributed by atoms with van der Waals surface area (Å²) in [7, 11) is 1.41. The fourth-order valence-electron chi connectivity index (χ4n) is 1.90. The molecule has 2 aromatic carbocycles. The standard InChI is InChI=1S/C16H13ClF3NO2S/c1-23-13-7-6-10(17)8-11(13)15(22)21-12-4-2-3-5-14(12)24-9-16(18,19)20/h2-8H,9H2,1H3,(H,21,22). The van der Waals surface area contributed by atoms with Crippen molar-refractivity contribution in [2.45, 2.75) is 11.1 Å². The lowest BCUT2D eigenvalue weighted by molar-refractivity contribution is -0.105. The van der Waals surface area contributed by atoms with Gasteiger partial charge in [0.15, 0.2) is 0 Å². The Morgan fingerprint density at radius 2 is 1.96 bits per heavy atom. The number of carbonyl (C=O) groups excluding carboxylic acids is 1. The van der Waals surface area contributed by atoms with Crippen molar-refractivity contribution in [3.63, 3.8) is 0 Å². The van der Waals surface area contributed by atoms with Crippen LogP contribution in [0.4, 0.5) is 18.9 Å². The quantitative estimate of drug-likeness (QED) is 0.725. The van der Waals surface area contributed by atoms with Crippen LogP contribution in [0.3, 0.4) is 0 Å². The average Bonchev–Trinajstić information content (AvgIpc) is 2.53. The lowest BCUT2D eigenvalue weighted by Gasteiger charge is -2.13. The van der Waals surface area contributed by atoms with Crippen molar-refractivity contribution in [1.29, 1.82) is 0 Å². The van der Waals surface area contributed by atoms with Gasteiger partial charge in [0.1, 0.15) is 5.75 Å². The van der Waals surface area contributed by atoms with E-state index in [-0.39, 0.29) is 5.56 Å². The second-order valence-electron chi connectivity index (χ2n) is 4.70. The summed E-state index contributed by atoms with van der Waals surface area (Å²) in [6.07, 6.45) is -4.29. The van der Waals surface area contributed by atoms with Gasteiger partial charge in [-0.25, -0.2) is 0 Å². The Hall–Kier alpha value is -1.86. The van der Waals surface area contributed by atoms with Crippen LogP contribution in [0.5, 0.6) is 5.75 Å². The molecule has 128 valence electrons. The number of amides is 1. The molecule has 0 saturated carbocycles. The van der Waals surface area contributed by atoms with Crippen LogP contribution in [-0.4, -0.2) is 24.9 Å². The van der Waals surface area contributed by atoms with Gasteiger partial charge in [-0.2, -0.15) is 13.2 Å². The summed E-state index contributed by atoms with van der Waals surface area (Å²) in [5, 5.41) is 2.95. The first kappa shape index (κ1) is 18.5. The van der Waals surface area contributed by atoms with Crippen molar-refractivity contribution >= 4 is 35.0 Å². The van der Waals surface area contributed by atoms with Gasteiger partial charge in [-0.3, -0.25) is 4.79 Å². The number of nitrogens with one attached hydrogen (secondary N) is 1. The summed E-state index contributed by atoms with van der Waals surface area (Å²) in [6, 6.07) is 10.8. The molecule has 2 aromatic rings. The number of methoxy groups -OCH3 is 1. The summed E-state index contributed by atoms with van der Waals surface area (Å²) in [5.74, 6) is -1.24. The summed E-state index contributed by atoms with van der Waals surface area (Å²) in [6.45, 7) is 0. The number of para-hydroxylation sites is 1. The molecule has 0 atom stereocenters. The minimum atomic E-state index is -4.29. The number of hydrogen-bond donors (Lipinski definition) is 1. The van der Waals surface area contributed by atoms with Crippen molar-refractivity contribution in [3.05, 3.63) is 53.1 Å². The van der Waals surface area contributed by atoms with E-state index in [0.29, 0.717) is 33.1 Å². The van der Waals surface area contributed by atoms with Gasteiger partial charge in [-0.1, -0.05) is 23.7 Å². The van der Waals surface area contributed by atoms with E-state index in [1.165, 1.54) is 25.3 Å². The molecular weight excluding hydrogens is 363 g/mol. The predicted octanol–water partition coefficient (Wildman–Crippen LogP) is 5.26. The molecule has 24 heavy (non-hydrogen) atoms. The Kier molecular flexibility index (Phi) is 6.01. The van der Waals surface area contributed by atoms with Crippen LogP contribution in [0.1, 0.15) is 10.4 Å². The maximum absolute atomic E-state index is 12.4. The van der Waals surface area contributed by atoms with Crippen molar-refractivity contribution in [3.8, 4) is 5.75 Å². The lowest BCUT2D eigenvalue weighted by atomic mass is 10.2. The smallest absolute Gasteiger partial charge is 0.398 e. The number of alkyl halides is 3. The van der Waals surface area contributed by atoms with Crippen LogP contribution in [0.2, 0.25) is 5.02 Å². The van der Waals surface area contributed by atoms with E-state index in [9.17, 15) is 18.0 Å². The summed E-state index contributed by atoms with van der Waals surface area (Å²) in [4.78, 5) is 12.7. The molecule has 0 aromatic heterocycles. The Labute approximate surface area is 146 Å². The van der Waals surface area contributed by atoms with Gasteiger partial charge in [0.05, 0.1) is 24.1 Å². The van der Waals surface area contributed by atoms with Crippen LogP contribution < -0.4 is 10.1 Å². The number of thioether (sulfide) groups is 1. The van der Waals surface area contributed by atoms with Crippen molar-refractivity contribution in [2.24, 2.45) is 0 Å². The molecule has 2 rings (SSSR count). The normalized spacial score (nSPS) is 11.2. The number of rotatable bonds is 5. The van der Waals surface area contributed by atoms with Crippen LogP contribution in [0.25, 0.3) is 0 Å². The fourth-order valence-corrected chi connectivity index (χ4v) is 2.84. The molecule has 0 radical (unpaired) electrons. The first-order chi connectivity index (χ1) is 11.3. The van der Waals surface area contributed by atoms with Crippen LogP contribution in [-0.2, 0) is 0 Å². The molecule has 3 nitrogen and oxygen atoms in total. The monoisotopic (exact) mass is 375 g/mol. The second-order valence-corrected chi connectivity index (χ2v) is 6.15. The number of benzene rings is 2. The van der Waals surface area contributed by atoms with Gasteiger partial charge in [0.2, 0.25) is 0 Å². The van der Waals surface area contributed by atoms with Gasteiger partial charge in [-0.15, -0.1) is 11.8 Å². The highest BCUT2D eigenvalue weighted by molar-refractivity contribution is 7.99. The maximum Gasteiger partial charge on any atom is 0.398 e. The third-order valence-electron chi connectivity index (χ3n) is 2.93. The van der Waals surface area contributed by atoms with Crippen LogP contribution in [0.15, 0.2) is 47.4 Å². The molecule has 0 aliphatic heterocycles. The summed E-state index contributed by atoms with van der Waals surface area (Å²) >= 11 is 6.49. The summed E-state index contributed by atoms with van der Waals surface area (Å²) in [5.41, 5.74) is 0.486. The van der Waals surface area contributed by atoms with Gasteiger partial charge in [0, 0.05) is 9.92 Å². The lowest BCUT2D eigenvalue weighted by Crippen LogP contribution is -2.15. The van der Waals surface area contributed by atoms with E-state index < -0.39 is 17.8 Å².